The molecule has 1 amide bonds. The molecule has 0 saturated carbocycles. The van der Waals surface area contributed by atoms with E-state index in [1.807, 2.05) is 30.3 Å². The first-order valence-electron chi connectivity index (χ1n) is 13.3. The molecule has 0 bridgehead atoms. The fourth-order valence-corrected chi connectivity index (χ4v) is 5.74. The number of halogens is 2. The summed E-state index contributed by atoms with van der Waals surface area (Å²) in [7, 11) is 3.06. The van der Waals surface area contributed by atoms with Crippen molar-refractivity contribution in [2.75, 3.05) is 25.5 Å². The Morgan fingerprint density at radius 3 is 2.40 bits per heavy atom. The van der Waals surface area contributed by atoms with E-state index in [0.29, 0.717) is 57.9 Å². The van der Waals surface area contributed by atoms with Crippen LogP contribution in [0.15, 0.2) is 65.6 Å². The summed E-state index contributed by atoms with van der Waals surface area (Å²) in [5.74, 6) is 0.538. The van der Waals surface area contributed by atoms with Crippen molar-refractivity contribution >= 4 is 40.6 Å². The minimum absolute atomic E-state index is 0.0533. The number of aromatic nitrogens is 3. The lowest BCUT2D eigenvalue weighted by atomic mass is 9.94. The quantitative estimate of drug-likeness (QED) is 0.269. The number of hydrogen-bond donors (Lipinski definition) is 1. The Bertz CT molecular complexity index is 1730. The molecule has 4 aromatic rings. The Labute approximate surface area is 253 Å². The summed E-state index contributed by atoms with van der Waals surface area (Å²) >= 11 is 13.7. The second-order valence-corrected chi connectivity index (χ2v) is 11.0. The molecule has 2 aromatic heterocycles. The second kappa shape index (κ2) is 12.4. The molecule has 0 atom stereocenters. The third-order valence-corrected chi connectivity index (χ3v) is 8.01. The zero-order chi connectivity index (χ0) is 30.0. The van der Waals surface area contributed by atoms with Crippen molar-refractivity contribution < 1.29 is 14.3 Å². The molecule has 1 N–H and O–H groups in total. The molecule has 5 rings (SSSR count). The smallest absolute Gasteiger partial charge is 0.279 e. The molecule has 0 aliphatic carbocycles. The van der Waals surface area contributed by atoms with Gasteiger partial charge in [-0.1, -0.05) is 59.6 Å². The van der Waals surface area contributed by atoms with Crippen molar-refractivity contribution in [3.63, 3.8) is 0 Å². The van der Waals surface area contributed by atoms with Crippen LogP contribution in [0.1, 0.15) is 29.3 Å². The molecule has 216 valence electrons. The maximum absolute atomic E-state index is 12.9. The molecular formula is C31H29Cl2N5O4. The molecule has 42 heavy (non-hydrogen) atoms. The Kier molecular flexibility index (Phi) is 8.72. The third-order valence-electron chi connectivity index (χ3n) is 7.20. The van der Waals surface area contributed by atoms with E-state index in [4.69, 9.17) is 32.9 Å². The number of Topliss-reactive ketones (excluding diaryl/α,β-unsaturated/α-hetero) is 1. The van der Waals surface area contributed by atoms with Crippen LogP contribution in [-0.2, 0) is 18.4 Å². The van der Waals surface area contributed by atoms with E-state index in [2.05, 4.69) is 15.3 Å². The number of nitrogens with zero attached hydrogens (tertiary/aromatic N) is 4. The van der Waals surface area contributed by atoms with E-state index in [1.165, 1.54) is 19.3 Å². The van der Waals surface area contributed by atoms with Crippen LogP contribution in [0.25, 0.3) is 22.4 Å². The van der Waals surface area contributed by atoms with Crippen molar-refractivity contribution in [3.8, 4) is 28.3 Å². The van der Waals surface area contributed by atoms with Gasteiger partial charge in [-0.2, -0.15) is 5.10 Å². The minimum atomic E-state index is -0.596. The number of carbonyl (C=O) groups is 2. The number of benzene rings is 2. The maximum Gasteiger partial charge on any atom is 0.279 e. The van der Waals surface area contributed by atoms with Gasteiger partial charge in [0.05, 0.1) is 28.5 Å². The highest BCUT2D eigenvalue weighted by atomic mass is 35.5. The van der Waals surface area contributed by atoms with Crippen molar-refractivity contribution in [2.24, 2.45) is 13.0 Å². The molecule has 1 aliphatic rings. The van der Waals surface area contributed by atoms with Crippen LogP contribution >= 0.6 is 23.2 Å². The number of anilines is 1. The Morgan fingerprint density at radius 1 is 1.00 bits per heavy atom. The van der Waals surface area contributed by atoms with Gasteiger partial charge in [-0.3, -0.25) is 14.5 Å². The standard InChI is InChI=1S/C31H29Cl2N5O4/c1-18(39)14-19-15-38(16-19)17-20-10-11-25(36-30(20)42-3)23-8-4-6-21(27(23)32)22-7-5-9-26(28(22)33)35-29(40)24-12-13-34-37(2)31(24)41/h4-13,19H,14-17H2,1-3H3,(H,35,40). The Morgan fingerprint density at radius 2 is 1.69 bits per heavy atom. The lowest BCUT2D eigenvalue weighted by Gasteiger charge is -2.39. The zero-order valence-corrected chi connectivity index (χ0v) is 24.9. The summed E-state index contributed by atoms with van der Waals surface area (Å²) in [6.45, 7) is 4.06. The van der Waals surface area contributed by atoms with E-state index in [1.54, 1.807) is 32.2 Å². The summed E-state index contributed by atoms with van der Waals surface area (Å²) in [5.41, 5.74) is 3.29. The Hall–Kier alpha value is -4.05. The number of carbonyl (C=O) groups excluding carboxylic acids is 2. The molecule has 0 unspecified atom stereocenters. The van der Waals surface area contributed by atoms with Gasteiger partial charge in [-0.25, -0.2) is 9.67 Å². The van der Waals surface area contributed by atoms with Crippen LogP contribution in [0.3, 0.4) is 0 Å². The number of aryl methyl sites for hydroxylation is 1. The van der Waals surface area contributed by atoms with Crippen LogP contribution < -0.4 is 15.6 Å². The third kappa shape index (κ3) is 6.09. The molecular weight excluding hydrogens is 577 g/mol. The molecule has 0 spiro atoms. The van der Waals surface area contributed by atoms with E-state index < -0.39 is 11.5 Å². The highest BCUT2D eigenvalue weighted by molar-refractivity contribution is 6.39. The summed E-state index contributed by atoms with van der Waals surface area (Å²) in [5, 5.41) is 7.28. The summed E-state index contributed by atoms with van der Waals surface area (Å²) in [6, 6.07) is 16.0. The van der Waals surface area contributed by atoms with E-state index in [9.17, 15) is 14.4 Å². The number of methoxy groups -OCH3 is 1. The van der Waals surface area contributed by atoms with Crippen molar-refractivity contribution in [1.82, 2.24) is 19.7 Å². The summed E-state index contributed by atoms with van der Waals surface area (Å²) in [6.07, 6.45) is 2.00. The highest BCUT2D eigenvalue weighted by Crippen LogP contribution is 2.41. The fraction of sp³-hybridized carbons (Fsp3) is 0.258. The van der Waals surface area contributed by atoms with Crippen LogP contribution in [0.5, 0.6) is 5.88 Å². The van der Waals surface area contributed by atoms with Crippen molar-refractivity contribution in [2.45, 2.75) is 19.9 Å². The van der Waals surface area contributed by atoms with Crippen LogP contribution in [0, 0.1) is 5.92 Å². The van der Waals surface area contributed by atoms with Crippen LogP contribution in [0.4, 0.5) is 5.69 Å². The lowest BCUT2D eigenvalue weighted by molar-refractivity contribution is -0.119. The van der Waals surface area contributed by atoms with Crippen molar-refractivity contribution in [1.29, 1.82) is 0 Å². The van der Waals surface area contributed by atoms with Gasteiger partial charge in [0.25, 0.3) is 11.5 Å². The van der Waals surface area contributed by atoms with Crippen LogP contribution in [-0.4, -0.2) is 51.6 Å². The number of ether oxygens (including phenoxy) is 1. The molecule has 9 nitrogen and oxygen atoms in total. The van der Waals surface area contributed by atoms with Gasteiger partial charge in [0.1, 0.15) is 11.3 Å². The number of hydrogen-bond acceptors (Lipinski definition) is 7. The highest BCUT2D eigenvalue weighted by Gasteiger charge is 2.28. The molecule has 11 heteroatoms. The first-order valence-corrected chi connectivity index (χ1v) is 14.1. The largest absolute Gasteiger partial charge is 0.481 e. The molecule has 1 saturated heterocycles. The molecule has 2 aromatic carbocycles. The predicted octanol–water partition coefficient (Wildman–Crippen LogP) is 5.49. The molecule has 1 fully saturated rings. The normalized spacial score (nSPS) is 13.5. The number of ketones is 1. The van der Waals surface area contributed by atoms with Gasteiger partial charge < -0.3 is 14.8 Å². The summed E-state index contributed by atoms with van der Waals surface area (Å²) < 4.78 is 6.71. The van der Waals surface area contributed by atoms with E-state index in [0.717, 1.165) is 23.3 Å². The van der Waals surface area contributed by atoms with Crippen LogP contribution in [0.2, 0.25) is 10.0 Å². The Balaban J connectivity index is 1.40. The maximum atomic E-state index is 12.9. The lowest BCUT2D eigenvalue weighted by Crippen LogP contribution is -2.46. The SMILES string of the molecule is COc1nc(-c2cccc(-c3cccc(NC(=O)c4ccnn(C)c4=O)c3Cl)c2Cl)ccc1CN1CC(CC(C)=O)C1. The molecule has 3 heterocycles. The number of amides is 1. The number of likely N-dealkylation sites (tertiary alicyclic amines) is 1. The van der Waals surface area contributed by atoms with Gasteiger partial charge in [-0.05, 0) is 31.0 Å². The van der Waals surface area contributed by atoms with Crippen molar-refractivity contribution in [3.05, 3.63) is 92.3 Å². The summed E-state index contributed by atoms with van der Waals surface area (Å²) in [4.78, 5) is 43.6. The number of nitrogens with one attached hydrogen (secondary N) is 1. The van der Waals surface area contributed by atoms with Gasteiger partial charge >= 0.3 is 0 Å². The first kappa shape index (κ1) is 29.4. The molecule has 1 aliphatic heterocycles. The monoisotopic (exact) mass is 605 g/mol. The van der Waals surface area contributed by atoms with E-state index >= 15 is 0 Å². The first-order chi connectivity index (χ1) is 20.2. The minimum Gasteiger partial charge on any atom is -0.481 e. The zero-order valence-electron chi connectivity index (χ0n) is 23.4. The average Bonchev–Trinajstić information content (AvgIpc) is 2.94. The number of rotatable bonds is 9. The van der Waals surface area contributed by atoms with Gasteiger partial charge in [0.2, 0.25) is 5.88 Å². The number of pyridine rings is 1. The predicted molar refractivity (Wildman–Crippen MR) is 163 cm³/mol. The van der Waals surface area contributed by atoms with Gasteiger partial charge in [-0.15, -0.1) is 0 Å². The van der Waals surface area contributed by atoms with Gasteiger partial charge in [0, 0.05) is 61.6 Å². The topological polar surface area (TPSA) is 106 Å². The second-order valence-electron chi connectivity index (χ2n) is 10.3. The fourth-order valence-electron chi connectivity index (χ4n) is 5.14. The molecule has 0 radical (unpaired) electrons. The van der Waals surface area contributed by atoms with Gasteiger partial charge in [0.15, 0.2) is 0 Å². The van der Waals surface area contributed by atoms with E-state index in [-0.39, 0.29) is 16.4 Å². The average molecular weight is 607 g/mol.